The van der Waals surface area contributed by atoms with E-state index < -0.39 is 28.0 Å². The Morgan fingerprint density at radius 1 is 1.06 bits per heavy atom. The highest BCUT2D eigenvalue weighted by Gasteiger charge is 2.34. The fraction of sp³-hybridized carbons (Fsp3) is 0.417. The van der Waals surface area contributed by atoms with Gasteiger partial charge in [-0.25, -0.2) is 8.42 Å². The van der Waals surface area contributed by atoms with E-state index in [4.69, 9.17) is 9.47 Å². The van der Waals surface area contributed by atoms with E-state index in [1.54, 1.807) is 38.2 Å². The summed E-state index contributed by atoms with van der Waals surface area (Å²) in [4.78, 5) is 26.9. The van der Waals surface area contributed by atoms with E-state index in [2.05, 4.69) is 0 Å². The predicted octanol–water partition coefficient (Wildman–Crippen LogP) is 3.08. The first-order valence-corrected chi connectivity index (χ1v) is 12.4. The van der Waals surface area contributed by atoms with Crippen molar-refractivity contribution in [1.29, 1.82) is 0 Å². The third kappa shape index (κ3) is 5.91. The average Bonchev–Trinajstić information content (AvgIpc) is 2.84. The lowest BCUT2D eigenvalue weighted by Crippen LogP contribution is -2.42. The number of carbonyl (C=O) groups excluding carboxylic acids is 2. The van der Waals surface area contributed by atoms with Crippen LogP contribution in [0.5, 0.6) is 5.75 Å². The second kappa shape index (κ2) is 10.8. The number of rotatable bonds is 8. The topological polar surface area (TPSA) is 93.2 Å². The van der Waals surface area contributed by atoms with Crippen LogP contribution >= 0.6 is 0 Å². The van der Waals surface area contributed by atoms with Crippen LogP contribution in [0.15, 0.2) is 59.5 Å². The maximum atomic E-state index is 12.9. The third-order valence-corrected chi connectivity index (χ3v) is 7.59. The Balaban J connectivity index is 1.54. The Morgan fingerprint density at radius 3 is 2.24 bits per heavy atom. The molecule has 1 aliphatic heterocycles. The molecule has 1 aliphatic rings. The van der Waals surface area contributed by atoms with Crippen LogP contribution in [0.3, 0.4) is 0 Å². The molecule has 1 heterocycles. The van der Waals surface area contributed by atoms with Gasteiger partial charge in [0.05, 0.1) is 17.4 Å². The lowest BCUT2D eigenvalue weighted by Gasteiger charge is -2.31. The van der Waals surface area contributed by atoms with Crippen molar-refractivity contribution in [2.24, 2.45) is 5.92 Å². The van der Waals surface area contributed by atoms with Crippen LogP contribution < -0.4 is 9.64 Å². The highest BCUT2D eigenvalue weighted by Crippen LogP contribution is 2.26. The number of likely N-dealkylation sites (N-methyl/N-ethyl adjacent to an activating group) is 1. The van der Waals surface area contributed by atoms with E-state index in [0.717, 1.165) is 0 Å². The molecule has 0 aliphatic carbocycles. The number of hydrogen-bond acceptors (Lipinski definition) is 6. The average molecular weight is 475 g/mol. The largest absolute Gasteiger partial charge is 0.494 e. The Labute approximate surface area is 195 Å². The smallest absolute Gasteiger partial charge is 0.309 e. The number of ether oxygens (including phenoxy) is 2. The first-order valence-electron chi connectivity index (χ1n) is 11.0. The highest BCUT2D eigenvalue weighted by molar-refractivity contribution is 7.89. The number of para-hydroxylation sites is 1. The van der Waals surface area contributed by atoms with Gasteiger partial charge in [0.2, 0.25) is 10.0 Å². The van der Waals surface area contributed by atoms with Crippen LogP contribution in [0.4, 0.5) is 5.69 Å². The van der Waals surface area contributed by atoms with Gasteiger partial charge in [-0.1, -0.05) is 18.2 Å². The monoisotopic (exact) mass is 474 g/mol. The zero-order valence-electron chi connectivity index (χ0n) is 19.1. The van der Waals surface area contributed by atoms with E-state index >= 15 is 0 Å². The minimum Gasteiger partial charge on any atom is -0.494 e. The fourth-order valence-corrected chi connectivity index (χ4v) is 5.20. The normalized spacial score (nSPS) is 16.1. The summed E-state index contributed by atoms with van der Waals surface area (Å²) in [6.07, 6.45) is -0.261. The van der Waals surface area contributed by atoms with Crippen molar-refractivity contribution in [1.82, 2.24) is 4.31 Å². The van der Waals surface area contributed by atoms with Gasteiger partial charge in [-0.05, 0) is 63.1 Å². The number of amides is 1. The molecule has 1 amide bonds. The quantitative estimate of drug-likeness (QED) is 0.546. The lowest BCUT2D eigenvalue weighted by atomic mass is 9.98. The molecule has 1 atom stereocenters. The first kappa shape index (κ1) is 24.7. The Kier molecular flexibility index (Phi) is 8.10. The molecule has 0 N–H and O–H groups in total. The van der Waals surface area contributed by atoms with E-state index in [9.17, 15) is 18.0 Å². The summed E-state index contributed by atoms with van der Waals surface area (Å²) in [6.45, 7) is 4.33. The Morgan fingerprint density at radius 2 is 1.67 bits per heavy atom. The summed E-state index contributed by atoms with van der Waals surface area (Å²) in [6, 6.07) is 15.4. The summed E-state index contributed by atoms with van der Waals surface area (Å²) in [5.74, 6) is -0.644. The molecule has 1 saturated heterocycles. The minimum absolute atomic E-state index is 0.190. The van der Waals surface area contributed by atoms with Crippen LogP contribution in [0.25, 0.3) is 0 Å². The van der Waals surface area contributed by atoms with Crippen molar-refractivity contribution < 1.29 is 27.5 Å². The standard InChI is InChI=1S/C24H30N2O6S/c1-4-31-21-10-12-22(13-11-21)33(29,30)26-16-14-19(15-17-26)24(28)32-18(2)23(27)25(3)20-8-6-5-7-9-20/h5-13,18-19H,4,14-17H2,1-3H3. The van der Waals surface area contributed by atoms with Gasteiger partial charge >= 0.3 is 5.97 Å². The van der Waals surface area contributed by atoms with Crippen molar-refractivity contribution in [2.45, 2.75) is 37.7 Å². The molecule has 178 valence electrons. The number of esters is 1. The molecule has 9 heteroatoms. The summed E-state index contributed by atoms with van der Waals surface area (Å²) < 4.78 is 38.0. The van der Waals surface area contributed by atoms with Gasteiger partial charge in [0.15, 0.2) is 6.10 Å². The second-order valence-electron chi connectivity index (χ2n) is 7.89. The molecular formula is C24H30N2O6S. The van der Waals surface area contributed by atoms with Gasteiger partial charge in [0.1, 0.15) is 5.75 Å². The van der Waals surface area contributed by atoms with Crippen LogP contribution in [0.2, 0.25) is 0 Å². The van der Waals surface area contributed by atoms with Gasteiger partial charge in [0.25, 0.3) is 5.91 Å². The van der Waals surface area contributed by atoms with E-state index in [1.807, 2.05) is 25.1 Å². The van der Waals surface area contributed by atoms with Crippen molar-refractivity contribution in [3.63, 3.8) is 0 Å². The summed E-state index contributed by atoms with van der Waals surface area (Å²) in [7, 11) is -2.03. The summed E-state index contributed by atoms with van der Waals surface area (Å²) in [5.41, 5.74) is 0.707. The second-order valence-corrected chi connectivity index (χ2v) is 9.83. The van der Waals surface area contributed by atoms with Crippen LogP contribution in [0.1, 0.15) is 26.7 Å². The number of piperidine rings is 1. The summed E-state index contributed by atoms with van der Waals surface area (Å²) in [5, 5.41) is 0. The van der Waals surface area contributed by atoms with Crippen LogP contribution in [0, 0.1) is 5.92 Å². The molecule has 0 saturated carbocycles. The van der Waals surface area contributed by atoms with Crippen molar-refractivity contribution in [3.8, 4) is 5.75 Å². The number of carbonyl (C=O) groups is 2. The molecule has 0 bridgehead atoms. The van der Waals surface area contributed by atoms with E-state index in [1.165, 1.54) is 21.3 Å². The Bertz CT molecular complexity index is 1050. The molecule has 33 heavy (non-hydrogen) atoms. The van der Waals surface area contributed by atoms with Gasteiger partial charge in [-0.3, -0.25) is 9.59 Å². The fourth-order valence-electron chi connectivity index (χ4n) is 3.73. The molecule has 0 spiro atoms. The van der Waals surface area contributed by atoms with E-state index in [0.29, 0.717) is 30.9 Å². The lowest BCUT2D eigenvalue weighted by molar-refractivity contribution is -0.159. The van der Waals surface area contributed by atoms with Gasteiger partial charge in [0, 0.05) is 25.8 Å². The van der Waals surface area contributed by atoms with Gasteiger partial charge in [-0.2, -0.15) is 4.31 Å². The molecule has 8 nitrogen and oxygen atoms in total. The molecule has 3 rings (SSSR count). The Hall–Kier alpha value is -2.91. The van der Waals surface area contributed by atoms with Crippen molar-refractivity contribution in [3.05, 3.63) is 54.6 Å². The highest BCUT2D eigenvalue weighted by atomic mass is 32.2. The van der Waals surface area contributed by atoms with E-state index in [-0.39, 0.29) is 23.9 Å². The molecule has 1 fully saturated rings. The first-order chi connectivity index (χ1) is 15.7. The van der Waals surface area contributed by atoms with Crippen LogP contribution in [-0.4, -0.2) is 57.4 Å². The molecule has 0 aromatic heterocycles. The molecule has 0 radical (unpaired) electrons. The SMILES string of the molecule is CCOc1ccc(S(=O)(=O)N2CCC(C(=O)OC(C)C(=O)N(C)c3ccccc3)CC2)cc1. The minimum atomic E-state index is -3.66. The number of sulfonamides is 1. The summed E-state index contributed by atoms with van der Waals surface area (Å²) >= 11 is 0. The maximum absolute atomic E-state index is 12.9. The van der Waals surface area contributed by atoms with Crippen molar-refractivity contribution >= 4 is 27.6 Å². The van der Waals surface area contributed by atoms with Crippen LogP contribution in [-0.2, 0) is 24.3 Å². The number of benzene rings is 2. The maximum Gasteiger partial charge on any atom is 0.309 e. The molecule has 2 aromatic carbocycles. The van der Waals surface area contributed by atoms with Gasteiger partial charge in [-0.15, -0.1) is 0 Å². The number of hydrogen-bond donors (Lipinski definition) is 0. The van der Waals surface area contributed by atoms with Gasteiger partial charge < -0.3 is 14.4 Å². The number of anilines is 1. The zero-order chi connectivity index (χ0) is 24.0. The third-order valence-electron chi connectivity index (χ3n) is 5.67. The number of nitrogens with zero attached hydrogens (tertiary/aromatic N) is 2. The zero-order valence-corrected chi connectivity index (χ0v) is 20.0. The van der Waals surface area contributed by atoms with Crippen molar-refractivity contribution in [2.75, 3.05) is 31.6 Å². The molecule has 1 unspecified atom stereocenters. The molecule has 2 aromatic rings. The predicted molar refractivity (Wildman–Crippen MR) is 124 cm³/mol. The molecular weight excluding hydrogens is 444 g/mol.